The smallest absolute Gasteiger partial charge is 0.338 e. The van der Waals surface area contributed by atoms with E-state index in [4.69, 9.17) is 23.7 Å². The van der Waals surface area contributed by atoms with Gasteiger partial charge in [0, 0.05) is 20.8 Å². The molecule has 0 unspecified atom stereocenters. The molecule has 2 rings (SSSR count). The second-order valence-corrected chi connectivity index (χ2v) is 7.11. The molecule has 0 bridgehead atoms. The van der Waals surface area contributed by atoms with Gasteiger partial charge in [-0.25, -0.2) is 4.79 Å². The molecule has 29 heavy (non-hydrogen) atoms. The Morgan fingerprint density at radius 1 is 0.862 bits per heavy atom. The third-order valence-corrected chi connectivity index (χ3v) is 4.62. The molecule has 5 atom stereocenters. The zero-order valence-electron chi connectivity index (χ0n) is 16.0. The van der Waals surface area contributed by atoms with Crippen LogP contribution in [0.2, 0.25) is 0 Å². The molecule has 1 aliphatic rings. The van der Waals surface area contributed by atoms with Gasteiger partial charge >= 0.3 is 23.9 Å². The zero-order valence-corrected chi connectivity index (χ0v) is 17.6. The number of carbonyl (C=O) groups is 4. The Morgan fingerprint density at radius 3 is 2.00 bits per heavy atom. The first kappa shape index (κ1) is 22.8. The second-order valence-electron chi connectivity index (χ2n) is 6.21. The van der Waals surface area contributed by atoms with Gasteiger partial charge in [0.05, 0.1) is 5.56 Å². The van der Waals surface area contributed by atoms with E-state index in [0.717, 1.165) is 0 Å². The van der Waals surface area contributed by atoms with Crippen LogP contribution in [0, 0.1) is 0 Å². The van der Waals surface area contributed by atoms with Crippen molar-refractivity contribution in [1.82, 2.24) is 0 Å². The lowest BCUT2D eigenvalue weighted by molar-refractivity contribution is -0.228. The first-order chi connectivity index (χ1) is 13.7. The van der Waals surface area contributed by atoms with Crippen LogP contribution in [-0.2, 0) is 38.1 Å². The molecule has 0 saturated carbocycles. The van der Waals surface area contributed by atoms with Crippen molar-refractivity contribution in [2.24, 2.45) is 0 Å². The largest absolute Gasteiger partial charge is 0.463 e. The summed E-state index contributed by atoms with van der Waals surface area (Å²) in [6, 6.07) is 8.14. The van der Waals surface area contributed by atoms with E-state index in [-0.39, 0.29) is 12.2 Å². The van der Waals surface area contributed by atoms with Crippen molar-refractivity contribution in [3.05, 3.63) is 35.9 Å². The molecule has 1 heterocycles. The van der Waals surface area contributed by atoms with Gasteiger partial charge in [-0.15, -0.1) is 0 Å². The molecule has 0 amide bonds. The summed E-state index contributed by atoms with van der Waals surface area (Å²) in [6.45, 7) is 3.30. The van der Waals surface area contributed by atoms with Gasteiger partial charge in [0.15, 0.2) is 23.3 Å². The van der Waals surface area contributed by atoms with Gasteiger partial charge < -0.3 is 23.7 Å². The summed E-state index contributed by atoms with van der Waals surface area (Å²) in [5, 5.41) is -0.910. The number of benzene rings is 1. The van der Waals surface area contributed by atoms with Crippen LogP contribution < -0.4 is 0 Å². The third-order valence-electron chi connectivity index (χ3n) is 3.88. The Morgan fingerprint density at radius 2 is 1.45 bits per heavy atom. The summed E-state index contributed by atoms with van der Waals surface area (Å²) in [6.07, 6.45) is -4.47. The Balaban J connectivity index is 2.35. The lowest BCUT2D eigenvalue weighted by Crippen LogP contribution is -2.61. The van der Waals surface area contributed by atoms with Gasteiger partial charge in [0.2, 0.25) is 0 Å². The van der Waals surface area contributed by atoms with E-state index in [1.54, 1.807) is 30.3 Å². The monoisotopic (exact) mass is 472 g/mol. The van der Waals surface area contributed by atoms with Crippen LogP contribution in [0.1, 0.15) is 31.1 Å². The van der Waals surface area contributed by atoms with E-state index in [1.807, 2.05) is 0 Å². The Hall–Kier alpha value is -2.46. The third kappa shape index (κ3) is 6.53. The van der Waals surface area contributed by atoms with Crippen molar-refractivity contribution in [3.8, 4) is 0 Å². The summed E-state index contributed by atoms with van der Waals surface area (Å²) in [5.41, 5.74) is 0.254. The van der Waals surface area contributed by atoms with Crippen LogP contribution in [-0.4, -0.2) is 59.9 Å². The highest BCUT2D eigenvalue weighted by Crippen LogP contribution is 2.32. The van der Waals surface area contributed by atoms with Crippen LogP contribution in [0.5, 0.6) is 0 Å². The number of carbonyl (C=O) groups excluding carboxylic acids is 4. The van der Waals surface area contributed by atoms with Crippen molar-refractivity contribution in [1.29, 1.82) is 0 Å². The van der Waals surface area contributed by atoms with Gasteiger partial charge in [-0.1, -0.05) is 34.1 Å². The molecule has 158 valence electrons. The molecule has 10 heteroatoms. The van der Waals surface area contributed by atoms with E-state index < -0.39 is 53.3 Å². The number of hydrogen-bond donors (Lipinski definition) is 0. The minimum Gasteiger partial charge on any atom is -0.463 e. The first-order valence-electron chi connectivity index (χ1n) is 8.72. The predicted molar refractivity (Wildman–Crippen MR) is 101 cm³/mol. The van der Waals surface area contributed by atoms with E-state index in [2.05, 4.69) is 15.9 Å². The quantitative estimate of drug-likeness (QED) is 0.346. The number of alkyl halides is 1. The second kappa shape index (κ2) is 10.4. The molecule has 0 radical (unpaired) electrons. The standard InChI is InChI=1S/C19H21BrO9/c1-10(21)25-9-14-15(26-11(2)22)16(17(18(20)28-14)27-12(3)23)29-19(24)13-7-5-4-6-8-13/h4-8,14-18H,9H2,1-3H3/t14-,15-,16+,17-,18+/m1/s1. The summed E-state index contributed by atoms with van der Waals surface area (Å²) in [4.78, 5) is 47.0. The maximum atomic E-state index is 12.6. The summed E-state index contributed by atoms with van der Waals surface area (Å²) in [7, 11) is 0. The molecular formula is C19H21BrO9. The van der Waals surface area contributed by atoms with Gasteiger partial charge in [-0.2, -0.15) is 0 Å². The summed E-state index contributed by atoms with van der Waals surface area (Å²) in [5.74, 6) is -2.61. The Labute approximate surface area is 175 Å². The van der Waals surface area contributed by atoms with Gasteiger partial charge in [0.25, 0.3) is 0 Å². The first-order valence-corrected chi connectivity index (χ1v) is 9.64. The number of esters is 4. The van der Waals surface area contributed by atoms with Gasteiger partial charge in [0.1, 0.15) is 12.7 Å². The summed E-state index contributed by atoms with van der Waals surface area (Å²) >= 11 is 3.24. The highest BCUT2D eigenvalue weighted by Gasteiger charge is 2.51. The Kier molecular flexibility index (Phi) is 8.15. The van der Waals surface area contributed by atoms with Crippen molar-refractivity contribution < 1.29 is 42.9 Å². The minimum atomic E-state index is -1.21. The van der Waals surface area contributed by atoms with E-state index in [0.29, 0.717) is 0 Å². The highest BCUT2D eigenvalue weighted by molar-refractivity contribution is 9.09. The van der Waals surface area contributed by atoms with Crippen LogP contribution in [0.25, 0.3) is 0 Å². The molecular weight excluding hydrogens is 452 g/mol. The van der Waals surface area contributed by atoms with Gasteiger partial charge in [-0.3, -0.25) is 14.4 Å². The molecule has 0 N–H and O–H groups in total. The SMILES string of the molecule is CC(=O)OC[C@H]1O[C@H](Br)[C@H](OC(C)=O)[C@@H](OC(=O)c2ccccc2)[C@@H]1OC(C)=O. The fourth-order valence-corrected chi connectivity index (χ4v) is 3.44. The van der Waals surface area contributed by atoms with Crippen molar-refractivity contribution in [2.75, 3.05) is 6.61 Å². The lowest BCUT2D eigenvalue weighted by Gasteiger charge is -2.42. The molecule has 0 aliphatic carbocycles. The summed E-state index contributed by atoms with van der Waals surface area (Å²) < 4.78 is 26.8. The van der Waals surface area contributed by atoms with Crippen LogP contribution in [0.3, 0.4) is 0 Å². The number of ether oxygens (including phenoxy) is 5. The van der Waals surface area contributed by atoms with Crippen LogP contribution in [0.15, 0.2) is 30.3 Å². The van der Waals surface area contributed by atoms with E-state index in [1.165, 1.54) is 20.8 Å². The van der Waals surface area contributed by atoms with Crippen molar-refractivity contribution in [3.63, 3.8) is 0 Å². The topological polar surface area (TPSA) is 114 Å². The fraction of sp³-hybridized carbons (Fsp3) is 0.474. The van der Waals surface area contributed by atoms with E-state index in [9.17, 15) is 19.2 Å². The predicted octanol–water partition coefficient (Wildman–Crippen LogP) is 1.76. The van der Waals surface area contributed by atoms with Crippen molar-refractivity contribution in [2.45, 2.75) is 50.2 Å². The molecule has 9 nitrogen and oxygen atoms in total. The zero-order chi connectivity index (χ0) is 21.6. The molecule has 1 aromatic carbocycles. The number of hydrogen-bond acceptors (Lipinski definition) is 9. The molecule has 1 saturated heterocycles. The fourth-order valence-electron chi connectivity index (χ4n) is 2.75. The number of halogens is 1. The number of rotatable bonds is 6. The molecule has 0 spiro atoms. The van der Waals surface area contributed by atoms with Crippen LogP contribution >= 0.6 is 15.9 Å². The maximum absolute atomic E-state index is 12.6. The normalized spacial score (nSPS) is 26.1. The minimum absolute atomic E-state index is 0.254. The average Bonchev–Trinajstić information content (AvgIpc) is 2.65. The van der Waals surface area contributed by atoms with Gasteiger partial charge in [-0.05, 0) is 12.1 Å². The Bertz CT molecular complexity index is 751. The average molecular weight is 473 g/mol. The maximum Gasteiger partial charge on any atom is 0.338 e. The molecule has 0 aromatic heterocycles. The van der Waals surface area contributed by atoms with Crippen LogP contribution in [0.4, 0.5) is 0 Å². The van der Waals surface area contributed by atoms with Crippen molar-refractivity contribution >= 4 is 39.8 Å². The molecule has 1 aromatic rings. The molecule has 1 aliphatic heterocycles. The lowest BCUT2D eigenvalue weighted by atomic mass is 9.99. The van der Waals surface area contributed by atoms with E-state index >= 15 is 0 Å². The highest BCUT2D eigenvalue weighted by atomic mass is 79.9. The molecule has 1 fully saturated rings.